The molecule has 156 valence electrons. The highest BCUT2D eigenvalue weighted by Gasteiger charge is 2.28. The largest absolute Gasteiger partial charge is 0.481 e. The molecule has 1 atom stereocenters. The molecule has 2 N–H and O–H groups in total. The summed E-state index contributed by atoms with van der Waals surface area (Å²) in [5, 5.41) is 22.9. The van der Waals surface area contributed by atoms with Gasteiger partial charge in [-0.15, -0.1) is 0 Å². The number of nitrogens with one attached hydrogen (secondary N) is 1. The number of rotatable bonds is 9. The summed E-state index contributed by atoms with van der Waals surface area (Å²) in [5.41, 5.74) is -0.512. The Labute approximate surface area is 171 Å². The lowest BCUT2D eigenvalue weighted by atomic mass is 9.95. The van der Waals surface area contributed by atoms with Gasteiger partial charge in [0, 0.05) is 23.2 Å². The van der Waals surface area contributed by atoms with Crippen molar-refractivity contribution >= 4 is 23.4 Å². The molecule has 8 nitrogen and oxygen atoms in total. The van der Waals surface area contributed by atoms with Gasteiger partial charge in [0.25, 0.3) is 0 Å². The van der Waals surface area contributed by atoms with Gasteiger partial charge in [0.15, 0.2) is 23.5 Å². The van der Waals surface area contributed by atoms with Gasteiger partial charge in [0.1, 0.15) is 0 Å². The predicted molar refractivity (Wildman–Crippen MR) is 105 cm³/mol. The van der Waals surface area contributed by atoms with E-state index in [0.717, 1.165) is 12.3 Å². The molecule has 0 bridgehead atoms. The quantitative estimate of drug-likeness (QED) is 0.435. The molecule has 0 saturated carbocycles. The molecule has 1 heterocycles. The normalized spacial score (nSPS) is 12.4. The van der Waals surface area contributed by atoms with Crippen molar-refractivity contribution in [3.8, 4) is 11.5 Å². The van der Waals surface area contributed by atoms with Crippen LogP contribution in [-0.2, 0) is 4.79 Å². The van der Waals surface area contributed by atoms with Crippen molar-refractivity contribution in [1.82, 2.24) is 10.3 Å². The van der Waals surface area contributed by atoms with Crippen LogP contribution in [0.2, 0.25) is 5.02 Å². The van der Waals surface area contributed by atoms with E-state index in [0.29, 0.717) is 6.42 Å². The lowest BCUT2D eigenvalue weighted by Gasteiger charge is -2.31. The van der Waals surface area contributed by atoms with Gasteiger partial charge in [-0.1, -0.05) is 24.6 Å². The van der Waals surface area contributed by atoms with Gasteiger partial charge >= 0.3 is 11.8 Å². The standard InChI is InChI=1S/C19H21ClFN3O5/c1-4-14(23-19(2,3)9-16(25)26)12-6-7-13(20)18(17(12)21)29-11-5-8-15(22-10-11)24(27)28/h5-8,10,14,23H,4,9H2,1-3H3,(H,25,26)/t14-/m1/s1. The van der Waals surface area contributed by atoms with Gasteiger partial charge < -0.3 is 25.3 Å². The third-order valence-corrected chi connectivity index (χ3v) is 4.45. The van der Waals surface area contributed by atoms with Crippen LogP contribution in [0.15, 0.2) is 30.5 Å². The van der Waals surface area contributed by atoms with E-state index in [9.17, 15) is 14.9 Å². The van der Waals surface area contributed by atoms with E-state index < -0.39 is 28.3 Å². The predicted octanol–water partition coefficient (Wildman–Crippen LogP) is 4.87. The lowest BCUT2D eigenvalue weighted by molar-refractivity contribution is -0.389. The Hall–Kier alpha value is -2.78. The lowest BCUT2D eigenvalue weighted by Crippen LogP contribution is -2.43. The number of hydrogen-bond donors (Lipinski definition) is 2. The number of pyridine rings is 1. The molecule has 0 aliphatic heterocycles. The number of carboxylic acid groups (broad SMARTS) is 1. The molecule has 29 heavy (non-hydrogen) atoms. The highest BCUT2D eigenvalue weighted by atomic mass is 35.5. The number of halogens is 2. The molecular weight excluding hydrogens is 405 g/mol. The number of carboxylic acids is 1. The molecule has 0 saturated heterocycles. The van der Waals surface area contributed by atoms with Crippen molar-refractivity contribution in [2.75, 3.05) is 0 Å². The SMILES string of the molecule is CC[C@@H](NC(C)(C)CC(=O)O)c1ccc(Cl)c(Oc2ccc([N+](=O)[O-])nc2)c1F. The number of nitrogens with zero attached hydrogens (tertiary/aromatic N) is 2. The Morgan fingerprint density at radius 3 is 2.62 bits per heavy atom. The molecular formula is C19H21ClFN3O5. The zero-order valence-corrected chi connectivity index (χ0v) is 16.9. The number of aliphatic carboxylic acids is 1. The van der Waals surface area contributed by atoms with Crippen LogP contribution in [0.25, 0.3) is 0 Å². The van der Waals surface area contributed by atoms with Gasteiger partial charge in [-0.05, 0) is 42.3 Å². The summed E-state index contributed by atoms with van der Waals surface area (Å²) in [6.07, 6.45) is 1.45. The Morgan fingerprint density at radius 2 is 2.10 bits per heavy atom. The number of carbonyl (C=O) groups is 1. The average Bonchev–Trinajstić information content (AvgIpc) is 2.63. The Kier molecular flexibility index (Phi) is 7.10. The summed E-state index contributed by atoms with van der Waals surface area (Å²) in [4.78, 5) is 24.7. The summed E-state index contributed by atoms with van der Waals surface area (Å²) < 4.78 is 20.7. The van der Waals surface area contributed by atoms with Gasteiger partial charge in [-0.3, -0.25) is 4.79 Å². The molecule has 0 fully saturated rings. The third-order valence-electron chi connectivity index (χ3n) is 4.15. The maximum atomic E-state index is 15.2. The fraction of sp³-hybridized carbons (Fsp3) is 0.368. The molecule has 0 aliphatic rings. The van der Waals surface area contributed by atoms with Gasteiger partial charge in [-0.2, -0.15) is 0 Å². The van der Waals surface area contributed by atoms with Crippen molar-refractivity contribution < 1.29 is 24.0 Å². The van der Waals surface area contributed by atoms with Crippen molar-refractivity contribution in [2.45, 2.75) is 45.2 Å². The van der Waals surface area contributed by atoms with E-state index in [1.54, 1.807) is 13.8 Å². The van der Waals surface area contributed by atoms with Crippen LogP contribution in [0.3, 0.4) is 0 Å². The summed E-state index contributed by atoms with van der Waals surface area (Å²) in [6, 6.07) is 4.92. The minimum absolute atomic E-state index is 0.0178. The fourth-order valence-electron chi connectivity index (χ4n) is 2.87. The number of hydrogen-bond acceptors (Lipinski definition) is 6. The fourth-order valence-corrected chi connectivity index (χ4v) is 3.05. The zero-order valence-electron chi connectivity index (χ0n) is 16.1. The van der Waals surface area contributed by atoms with Gasteiger partial charge in [0.05, 0.1) is 11.4 Å². The second kappa shape index (κ2) is 9.15. The maximum Gasteiger partial charge on any atom is 0.363 e. The monoisotopic (exact) mass is 425 g/mol. The molecule has 1 aromatic carbocycles. The van der Waals surface area contributed by atoms with Crippen LogP contribution in [0.5, 0.6) is 11.5 Å². The van der Waals surface area contributed by atoms with Crippen molar-refractivity contribution in [3.63, 3.8) is 0 Å². The average molecular weight is 426 g/mol. The maximum absolute atomic E-state index is 15.2. The van der Waals surface area contributed by atoms with E-state index in [-0.39, 0.29) is 34.3 Å². The van der Waals surface area contributed by atoms with Crippen LogP contribution >= 0.6 is 11.6 Å². The van der Waals surface area contributed by atoms with E-state index in [1.165, 1.54) is 18.2 Å². The first-order chi connectivity index (χ1) is 13.5. The van der Waals surface area contributed by atoms with Crippen molar-refractivity contribution in [1.29, 1.82) is 0 Å². The molecule has 1 aromatic heterocycles. The van der Waals surface area contributed by atoms with Crippen LogP contribution in [0.4, 0.5) is 10.2 Å². The third kappa shape index (κ3) is 5.85. The summed E-state index contributed by atoms with van der Waals surface area (Å²) in [7, 11) is 0. The van der Waals surface area contributed by atoms with Crippen LogP contribution in [0, 0.1) is 15.9 Å². The number of aromatic nitrogens is 1. The summed E-state index contributed by atoms with van der Waals surface area (Å²) in [6.45, 7) is 5.28. The molecule has 10 heteroatoms. The van der Waals surface area contributed by atoms with Crippen LogP contribution in [0.1, 0.15) is 45.2 Å². The molecule has 0 radical (unpaired) electrons. The highest BCUT2D eigenvalue weighted by molar-refractivity contribution is 6.32. The van der Waals surface area contributed by atoms with Crippen molar-refractivity contribution in [3.05, 3.63) is 57.0 Å². The number of nitro groups is 1. The van der Waals surface area contributed by atoms with Crippen LogP contribution < -0.4 is 10.1 Å². The Morgan fingerprint density at radius 1 is 1.41 bits per heavy atom. The topological polar surface area (TPSA) is 115 Å². The Balaban J connectivity index is 2.33. The first kappa shape index (κ1) is 22.5. The molecule has 0 aliphatic carbocycles. The minimum Gasteiger partial charge on any atom is -0.481 e. The van der Waals surface area contributed by atoms with E-state index in [2.05, 4.69) is 10.3 Å². The summed E-state index contributed by atoms with van der Waals surface area (Å²) >= 11 is 6.09. The molecule has 0 unspecified atom stereocenters. The molecule has 2 rings (SSSR count). The zero-order chi connectivity index (χ0) is 21.8. The van der Waals surface area contributed by atoms with Gasteiger partial charge in [-0.25, -0.2) is 4.39 Å². The van der Waals surface area contributed by atoms with Crippen LogP contribution in [-0.4, -0.2) is 26.5 Å². The minimum atomic E-state index is -0.969. The Bertz CT molecular complexity index is 905. The van der Waals surface area contributed by atoms with E-state index in [4.69, 9.17) is 21.4 Å². The molecule has 2 aromatic rings. The number of benzene rings is 1. The summed E-state index contributed by atoms with van der Waals surface area (Å²) in [5.74, 6) is -2.20. The number of ether oxygens (including phenoxy) is 1. The van der Waals surface area contributed by atoms with Crippen molar-refractivity contribution in [2.24, 2.45) is 0 Å². The van der Waals surface area contributed by atoms with E-state index >= 15 is 4.39 Å². The smallest absolute Gasteiger partial charge is 0.363 e. The molecule has 0 spiro atoms. The first-order valence-electron chi connectivity index (χ1n) is 8.79. The second-order valence-electron chi connectivity index (χ2n) is 7.05. The van der Waals surface area contributed by atoms with E-state index in [1.807, 2.05) is 6.92 Å². The van der Waals surface area contributed by atoms with Gasteiger partial charge in [0.2, 0.25) is 0 Å². The second-order valence-corrected chi connectivity index (χ2v) is 7.46. The highest BCUT2D eigenvalue weighted by Crippen LogP contribution is 2.37. The first-order valence-corrected chi connectivity index (χ1v) is 9.17. The molecule has 0 amide bonds.